The summed E-state index contributed by atoms with van der Waals surface area (Å²) in [6.07, 6.45) is 0. The van der Waals surface area contributed by atoms with Crippen molar-refractivity contribution in [1.29, 1.82) is 0 Å². The van der Waals surface area contributed by atoms with E-state index in [9.17, 15) is 0 Å². The first kappa shape index (κ1) is 13.0. The van der Waals surface area contributed by atoms with Crippen LogP contribution in [0.5, 0.6) is 0 Å². The summed E-state index contributed by atoms with van der Waals surface area (Å²) in [5.74, 6) is 0.691. The Morgan fingerprint density at radius 2 is 1.89 bits per heavy atom. The monoisotopic (exact) mass is 352 g/mol. The van der Waals surface area contributed by atoms with Crippen LogP contribution >= 0.6 is 38.9 Å². The van der Waals surface area contributed by atoms with Crippen LogP contribution < -0.4 is 0 Å². The Bertz CT molecular complexity index is 782. The maximum Gasteiger partial charge on any atom is 0.171 e. The summed E-state index contributed by atoms with van der Waals surface area (Å²) in [6, 6.07) is 8.10. The van der Waals surface area contributed by atoms with Crippen molar-refractivity contribution in [2.45, 2.75) is 13.8 Å². The number of hydrogen-bond acceptors (Lipinski definition) is 3. The number of hydrogen-bond donors (Lipinski definition) is 0. The molecule has 0 unspecified atom stereocenters. The summed E-state index contributed by atoms with van der Waals surface area (Å²) in [5, 5.41) is 1.36. The molecule has 1 aromatic carbocycles. The molecule has 19 heavy (non-hydrogen) atoms. The molecule has 0 aliphatic carbocycles. The van der Waals surface area contributed by atoms with Gasteiger partial charge in [-0.05, 0) is 53.5 Å². The zero-order valence-electron chi connectivity index (χ0n) is 10.4. The summed E-state index contributed by atoms with van der Waals surface area (Å²) >= 11 is 11.5. The van der Waals surface area contributed by atoms with E-state index in [-0.39, 0.29) is 0 Å². The van der Waals surface area contributed by atoms with Gasteiger partial charge in [-0.25, -0.2) is 9.97 Å². The molecule has 0 spiro atoms. The van der Waals surface area contributed by atoms with E-state index in [1.165, 1.54) is 4.88 Å². The van der Waals surface area contributed by atoms with Crippen molar-refractivity contribution in [3.05, 3.63) is 44.3 Å². The van der Waals surface area contributed by atoms with Crippen molar-refractivity contribution in [2.75, 3.05) is 0 Å². The lowest BCUT2D eigenvalue weighted by Gasteiger charge is -2.07. The quantitative estimate of drug-likeness (QED) is 0.548. The van der Waals surface area contributed by atoms with E-state index in [1.807, 2.05) is 25.1 Å². The van der Waals surface area contributed by atoms with Crippen LogP contribution in [0.1, 0.15) is 10.4 Å². The van der Waals surface area contributed by atoms with E-state index in [1.54, 1.807) is 11.3 Å². The Balaban J connectivity index is 2.33. The van der Waals surface area contributed by atoms with E-state index in [4.69, 9.17) is 11.6 Å². The molecular weight excluding hydrogens is 344 g/mol. The summed E-state index contributed by atoms with van der Waals surface area (Å²) in [6.45, 7) is 4.10. The largest absolute Gasteiger partial charge is 0.227 e. The zero-order valence-corrected chi connectivity index (χ0v) is 13.5. The third-order valence-electron chi connectivity index (χ3n) is 2.92. The third-order valence-corrected chi connectivity index (χ3v) is 4.85. The number of fused-ring (bicyclic) bond motifs is 1. The highest BCUT2D eigenvalue weighted by molar-refractivity contribution is 9.10. The lowest BCUT2D eigenvalue weighted by atomic mass is 10.1. The third kappa shape index (κ3) is 2.29. The van der Waals surface area contributed by atoms with Crippen LogP contribution in [-0.4, -0.2) is 9.97 Å². The summed E-state index contributed by atoms with van der Waals surface area (Å²) in [7, 11) is 0. The number of halogens is 2. The molecule has 0 aliphatic rings. The van der Waals surface area contributed by atoms with Crippen molar-refractivity contribution in [3.63, 3.8) is 0 Å². The first-order valence-corrected chi connectivity index (χ1v) is 7.74. The molecule has 0 fully saturated rings. The van der Waals surface area contributed by atoms with Gasteiger partial charge in [-0.3, -0.25) is 0 Å². The van der Waals surface area contributed by atoms with Gasteiger partial charge in [0.2, 0.25) is 0 Å². The molecule has 3 rings (SSSR count). The number of aryl methyl sites for hydroxylation is 2. The molecule has 0 radical (unpaired) electrons. The standard InChI is InChI=1S/C14H10BrClN2S/c1-7-3-5-9(15)11-12(7)17-14(18-13(11)16)10-6-4-8(2)19-10/h3-6H,1-2H3. The van der Waals surface area contributed by atoms with Crippen molar-refractivity contribution >= 4 is 49.8 Å². The molecular formula is C14H10BrClN2S. The second kappa shape index (κ2) is 4.85. The van der Waals surface area contributed by atoms with Gasteiger partial charge in [-0.1, -0.05) is 17.7 Å². The van der Waals surface area contributed by atoms with Crippen LogP contribution in [-0.2, 0) is 0 Å². The van der Waals surface area contributed by atoms with Gasteiger partial charge >= 0.3 is 0 Å². The van der Waals surface area contributed by atoms with Crippen LogP contribution in [0.2, 0.25) is 5.15 Å². The van der Waals surface area contributed by atoms with Gasteiger partial charge in [0.1, 0.15) is 5.15 Å². The average molecular weight is 354 g/mol. The van der Waals surface area contributed by atoms with E-state index in [0.29, 0.717) is 11.0 Å². The van der Waals surface area contributed by atoms with E-state index >= 15 is 0 Å². The van der Waals surface area contributed by atoms with Gasteiger partial charge < -0.3 is 0 Å². The van der Waals surface area contributed by atoms with E-state index < -0.39 is 0 Å². The van der Waals surface area contributed by atoms with Gasteiger partial charge in [-0.15, -0.1) is 11.3 Å². The summed E-state index contributed by atoms with van der Waals surface area (Å²) < 4.78 is 0.923. The molecule has 0 N–H and O–H groups in total. The van der Waals surface area contributed by atoms with Gasteiger partial charge in [0.05, 0.1) is 15.8 Å². The molecule has 2 heterocycles. The van der Waals surface area contributed by atoms with E-state index in [0.717, 1.165) is 25.8 Å². The minimum Gasteiger partial charge on any atom is -0.227 e. The highest BCUT2D eigenvalue weighted by atomic mass is 79.9. The molecule has 0 aliphatic heterocycles. The maximum absolute atomic E-state index is 6.32. The van der Waals surface area contributed by atoms with E-state index in [2.05, 4.69) is 38.9 Å². The van der Waals surface area contributed by atoms with Crippen LogP contribution in [0.15, 0.2) is 28.7 Å². The Morgan fingerprint density at radius 1 is 1.11 bits per heavy atom. The Hall–Kier alpha value is -0.970. The predicted octanol–water partition coefficient (Wildman–Crippen LogP) is 5.39. The highest BCUT2D eigenvalue weighted by Gasteiger charge is 2.13. The SMILES string of the molecule is Cc1ccc(-c2nc(Cl)c3c(Br)ccc(C)c3n2)s1. The molecule has 3 aromatic rings. The minimum atomic E-state index is 0.488. The fourth-order valence-corrected chi connectivity index (χ4v) is 3.65. The first-order chi connectivity index (χ1) is 9.06. The Morgan fingerprint density at radius 3 is 2.58 bits per heavy atom. The highest BCUT2D eigenvalue weighted by Crippen LogP contribution is 2.33. The van der Waals surface area contributed by atoms with Gasteiger partial charge in [0, 0.05) is 9.35 Å². The first-order valence-electron chi connectivity index (χ1n) is 5.75. The number of aromatic nitrogens is 2. The fourth-order valence-electron chi connectivity index (χ4n) is 1.96. The molecule has 0 saturated carbocycles. The molecule has 96 valence electrons. The summed E-state index contributed by atoms with van der Waals surface area (Å²) in [4.78, 5) is 11.4. The minimum absolute atomic E-state index is 0.488. The fraction of sp³-hybridized carbons (Fsp3) is 0.143. The second-order valence-corrected chi connectivity index (χ2v) is 6.84. The Labute approximate surface area is 128 Å². The lowest BCUT2D eigenvalue weighted by Crippen LogP contribution is -1.93. The predicted molar refractivity (Wildman–Crippen MR) is 85.0 cm³/mol. The number of nitrogens with zero attached hydrogens (tertiary/aromatic N) is 2. The van der Waals surface area contributed by atoms with Crippen LogP contribution in [0, 0.1) is 13.8 Å². The molecule has 2 aromatic heterocycles. The molecule has 2 nitrogen and oxygen atoms in total. The van der Waals surface area contributed by atoms with Crippen LogP contribution in [0.3, 0.4) is 0 Å². The normalized spacial score (nSPS) is 11.2. The van der Waals surface area contributed by atoms with Crippen LogP contribution in [0.4, 0.5) is 0 Å². The molecule has 0 atom stereocenters. The van der Waals surface area contributed by atoms with Crippen molar-refractivity contribution < 1.29 is 0 Å². The molecule has 0 amide bonds. The summed E-state index contributed by atoms with van der Waals surface area (Å²) in [5.41, 5.74) is 1.99. The zero-order chi connectivity index (χ0) is 13.6. The maximum atomic E-state index is 6.32. The molecule has 5 heteroatoms. The van der Waals surface area contributed by atoms with Gasteiger partial charge in [-0.2, -0.15) is 0 Å². The van der Waals surface area contributed by atoms with Crippen LogP contribution in [0.25, 0.3) is 21.6 Å². The molecule has 0 bridgehead atoms. The average Bonchev–Trinajstić information content (AvgIpc) is 2.80. The van der Waals surface area contributed by atoms with Gasteiger partial charge in [0.15, 0.2) is 5.82 Å². The molecule has 0 saturated heterocycles. The lowest BCUT2D eigenvalue weighted by molar-refractivity contribution is 1.23. The second-order valence-electron chi connectivity index (χ2n) is 4.34. The van der Waals surface area contributed by atoms with Gasteiger partial charge in [0.25, 0.3) is 0 Å². The topological polar surface area (TPSA) is 25.8 Å². The van der Waals surface area contributed by atoms with Crippen molar-refractivity contribution in [2.24, 2.45) is 0 Å². The number of rotatable bonds is 1. The van der Waals surface area contributed by atoms with Crippen molar-refractivity contribution in [1.82, 2.24) is 9.97 Å². The number of benzene rings is 1. The number of thiophene rings is 1. The van der Waals surface area contributed by atoms with Crippen molar-refractivity contribution in [3.8, 4) is 10.7 Å². The smallest absolute Gasteiger partial charge is 0.171 e. The Kier molecular flexibility index (Phi) is 3.33.